The van der Waals surface area contributed by atoms with E-state index in [4.69, 9.17) is 0 Å². The van der Waals surface area contributed by atoms with Crippen LogP contribution in [0.25, 0.3) is 10.9 Å². The van der Waals surface area contributed by atoms with E-state index in [0.29, 0.717) is 12.0 Å². The Morgan fingerprint density at radius 1 is 1.16 bits per heavy atom. The predicted molar refractivity (Wildman–Crippen MR) is 73.0 cm³/mol. The summed E-state index contributed by atoms with van der Waals surface area (Å²) in [7, 11) is 1.89. The molecule has 0 N–H and O–H groups in total. The highest BCUT2D eigenvalue weighted by Crippen LogP contribution is 2.17. The largest absolute Gasteiger partial charge is 0.338 e. The van der Waals surface area contributed by atoms with Crippen molar-refractivity contribution in [1.82, 2.24) is 14.5 Å². The lowest BCUT2D eigenvalue weighted by molar-refractivity contribution is 0.0991. The maximum Gasteiger partial charge on any atom is 0.172 e. The SMILES string of the molecule is Cn1ccnc1CC(=O)c1cccc2cccnc12. The number of nitrogens with zero attached hydrogens (tertiary/aromatic N) is 3. The maximum atomic E-state index is 12.4. The zero-order chi connectivity index (χ0) is 13.2. The summed E-state index contributed by atoms with van der Waals surface area (Å²) < 4.78 is 1.86. The van der Waals surface area contributed by atoms with Gasteiger partial charge in [0.15, 0.2) is 5.78 Å². The molecule has 0 unspecified atom stereocenters. The van der Waals surface area contributed by atoms with Gasteiger partial charge in [0.25, 0.3) is 0 Å². The summed E-state index contributed by atoms with van der Waals surface area (Å²) in [6.07, 6.45) is 5.53. The smallest absolute Gasteiger partial charge is 0.172 e. The molecule has 0 bridgehead atoms. The van der Waals surface area contributed by atoms with Crippen molar-refractivity contribution in [1.29, 1.82) is 0 Å². The van der Waals surface area contributed by atoms with Gasteiger partial charge in [-0.25, -0.2) is 4.98 Å². The highest BCUT2D eigenvalue weighted by atomic mass is 16.1. The second-order valence-electron chi connectivity index (χ2n) is 4.44. The van der Waals surface area contributed by atoms with Crippen molar-refractivity contribution < 1.29 is 4.79 Å². The Bertz CT molecular complexity index is 740. The zero-order valence-corrected chi connectivity index (χ0v) is 10.6. The summed E-state index contributed by atoms with van der Waals surface area (Å²) in [5, 5.41) is 0.980. The average Bonchev–Trinajstić information content (AvgIpc) is 2.83. The first kappa shape index (κ1) is 11.6. The van der Waals surface area contributed by atoms with E-state index < -0.39 is 0 Å². The summed E-state index contributed by atoms with van der Waals surface area (Å²) >= 11 is 0. The number of benzene rings is 1. The number of Topliss-reactive ketones (excluding diaryl/α,β-unsaturated/α-hetero) is 1. The molecule has 4 heteroatoms. The summed E-state index contributed by atoms with van der Waals surface area (Å²) in [6, 6.07) is 9.49. The first-order valence-electron chi connectivity index (χ1n) is 6.09. The number of aryl methyl sites for hydroxylation is 1. The minimum absolute atomic E-state index is 0.0404. The van der Waals surface area contributed by atoms with Gasteiger partial charge in [-0.05, 0) is 12.1 Å². The summed E-state index contributed by atoms with van der Waals surface area (Å²) in [5.74, 6) is 0.802. The Kier molecular flexibility index (Phi) is 2.83. The molecule has 3 rings (SSSR count). The number of aromatic nitrogens is 3. The molecule has 4 nitrogen and oxygen atoms in total. The lowest BCUT2D eigenvalue weighted by Crippen LogP contribution is -2.09. The zero-order valence-electron chi connectivity index (χ0n) is 10.6. The third-order valence-corrected chi connectivity index (χ3v) is 3.17. The molecule has 3 aromatic rings. The second kappa shape index (κ2) is 4.65. The monoisotopic (exact) mass is 251 g/mol. The average molecular weight is 251 g/mol. The number of pyridine rings is 1. The van der Waals surface area contributed by atoms with Crippen molar-refractivity contribution in [2.24, 2.45) is 7.05 Å². The van der Waals surface area contributed by atoms with Gasteiger partial charge in [-0.1, -0.05) is 18.2 Å². The number of hydrogen-bond donors (Lipinski definition) is 0. The maximum absolute atomic E-state index is 12.4. The molecular weight excluding hydrogens is 238 g/mol. The van der Waals surface area contributed by atoms with E-state index in [1.807, 2.05) is 48.1 Å². The van der Waals surface area contributed by atoms with Crippen LogP contribution in [0, 0.1) is 0 Å². The van der Waals surface area contributed by atoms with Gasteiger partial charge in [0, 0.05) is 36.6 Å². The van der Waals surface area contributed by atoms with E-state index in [9.17, 15) is 4.79 Å². The molecule has 1 aromatic carbocycles. The molecule has 94 valence electrons. The van der Waals surface area contributed by atoms with Crippen LogP contribution in [0.4, 0.5) is 0 Å². The number of para-hydroxylation sites is 1. The molecule has 0 spiro atoms. The molecule has 0 aliphatic heterocycles. The van der Waals surface area contributed by atoms with E-state index in [2.05, 4.69) is 9.97 Å². The van der Waals surface area contributed by atoms with Crippen LogP contribution < -0.4 is 0 Å². The van der Waals surface area contributed by atoms with Crippen LogP contribution >= 0.6 is 0 Å². The molecule has 0 saturated heterocycles. The third kappa shape index (κ3) is 2.12. The highest BCUT2D eigenvalue weighted by molar-refractivity contribution is 6.07. The van der Waals surface area contributed by atoms with Crippen molar-refractivity contribution in [2.75, 3.05) is 0 Å². The van der Waals surface area contributed by atoms with E-state index in [1.54, 1.807) is 12.4 Å². The Morgan fingerprint density at radius 2 is 2.00 bits per heavy atom. The van der Waals surface area contributed by atoms with Crippen LogP contribution in [0.3, 0.4) is 0 Å². The van der Waals surface area contributed by atoms with Crippen molar-refractivity contribution in [3.05, 3.63) is 60.3 Å². The first-order valence-corrected chi connectivity index (χ1v) is 6.09. The molecule has 0 aliphatic carbocycles. The fourth-order valence-electron chi connectivity index (χ4n) is 2.13. The van der Waals surface area contributed by atoms with Crippen LogP contribution in [-0.2, 0) is 13.5 Å². The predicted octanol–water partition coefficient (Wildman–Crippen LogP) is 2.39. The number of fused-ring (bicyclic) bond motifs is 1. The van der Waals surface area contributed by atoms with Crippen LogP contribution in [0.15, 0.2) is 48.9 Å². The molecule has 2 aromatic heterocycles. The van der Waals surface area contributed by atoms with Gasteiger partial charge >= 0.3 is 0 Å². The number of carbonyl (C=O) groups excluding carboxylic acids is 1. The lowest BCUT2D eigenvalue weighted by atomic mass is 10.0. The van der Waals surface area contributed by atoms with Gasteiger partial charge in [0.2, 0.25) is 0 Å². The molecule has 0 atom stereocenters. The first-order chi connectivity index (χ1) is 9.25. The molecule has 19 heavy (non-hydrogen) atoms. The quantitative estimate of drug-likeness (QED) is 0.671. The fraction of sp³-hybridized carbons (Fsp3) is 0.133. The third-order valence-electron chi connectivity index (χ3n) is 3.17. The fourth-order valence-corrected chi connectivity index (χ4v) is 2.13. The van der Waals surface area contributed by atoms with Crippen LogP contribution in [-0.4, -0.2) is 20.3 Å². The lowest BCUT2D eigenvalue weighted by Gasteiger charge is -2.05. The normalized spacial score (nSPS) is 10.8. The van der Waals surface area contributed by atoms with Crippen molar-refractivity contribution >= 4 is 16.7 Å². The highest BCUT2D eigenvalue weighted by Gasteiger charge is 2.13. The van der Waals surface area contributed by atoms with Crippen molar-refractivity contribution in [2.45, 2.75) is 6.42 Å². The van der Waals surface area contributed by atoms with E-state index in [-0.39, 0.29) is 5.78 Å². The summed E-state index contributed by atoms with van der Waals surface area (Å²) in [6.45, 7) is 0. The molecular formula is C15H13N3O. The van der Waals surface area contributed by atoms with E-state index in [0.717, 1.165) is 16.7 Å². The Morgan fingerprint density at radius 3 is 2.79 bits per heavy atom. The van der Waals surface area contributed by atoms with Gasteiger partial charge in [0.05, 0.1) is 11.9 Å². The Hall–Kier alpha value is -2.49. The summed E-state index contributed by atoms with van der Waals surface area (Å²) in [5.41, 5.74) is 1.41. The van der Waals surface area contributed by atoms with Gasteiger partial charge in [-0.3, -0.25) is 9.78 Å². The molecule has 0 saturated carbocycles. The minimum Gasteiger partial charge on any atom is -0.338 e. The van der Waals surface area contributed by atoms with Crippen LogP contribution in [0.1, 0.15) is 16.2 Å². The number of carbonyl (C=O) groups is 1. The molecule has 0 aliphatic rings. The molecule has 0 radical (unpaired) electrons. The molecule has 0 amide bonds. The standard InChI is InChI=1S/C15H13N3O/c1-18-9-8-16-14(18)10-13(19)12-6-2-4-11-5-3-7-17-15(11)12/h2-9H,10H2,1H3. The van der Waals surface area contributed by atoms with Gasteiger partial charge in [-0.15, -0.1) is 0 Å². The Labute approximate surface area is 110 Å². The summed E-state index contributed by atoms with van der Waals surface area (Å²) in [4.78, 5) is 20.9. The van der Waals surface area contributed by atoms with E-state index >= 15 is 0 Å². The number of ketones is 1. The number of rotatable bonds is 3. The minimum atomic E-state index is 0.0404. The second-order valence-corrected chi connectivity index (χ2v) is 4.44. The van der Waals surface area contributed by atoms with Gasteiger partial charge in [-0.2, -0.15) is 0 Å². The molecule has 0 fully saturated rings. The number of imidazole rings is 1. The van der Waals surface area contributed by atoms with Gasteiger partial charge < -0.3 is 4.57 Å². The van der Waals surface area contributed by atoms with Crippen LogP contribution in [0.2, 0.25) is 0 Å². The van der Waals surface area contributed by atoms with Crippen molar-refractivity contribution in [3.8, 4) is 0 Å². The topological polar surface area (TPSA) is 47.8 Å². The number of hydrogen-bond acceptors (Lipinski definition) is 3. The molecule has 2 heterocycles. The Balaban J connectivity index is 2.00. The van der Waals surface area contributed by atoms with E-state index in [1.165, 1.54) is 0 Å². The van der Waals surface area contributed by atoms with Crippen LogP contribution in [0.5, 0.6) is 0 Å². The van der Waals surface area contributed by atoms with Gasteiger partial charge in [0.1, 0.15) is 5.82 Å². The van der Waals surface area contributed by atoms with Crippen molar-refractivity contribution in [3.63, 3.8) is 0 Å².